The normalized spacial score (nSPS) is 11.6. The van der Waals surface area contributed by atoms with Crippen LogP contribution in [0.5, 0.6) is 0 Å². The summed E-state index contributed by atoms with van der Waals surface area (Å²) < 4.78 is 27.5. The third kappa shape index (κ3) is 31.8. The highest BCUT2D eigenvalue weighted by Gasteiger charge is 1.96. The van der Waals surface area contributed by atoms with Gasteiger partial charge in [-0.25, -0.2) is 0 Å². The number of unbranched alkanes of at least 4 members (excludes halogenated alkanes) is 15. The molecule has 0 aromatic rings. The van der Waals surface area contributed by atoms with E-state index in [1.165, 1.54) is 103 Å². The molecule has 0 aliphatic heterocycles. The molecule has 5 heteroatoms. The van der Waals surface area contributed by atoms with Gasteiger partial charge in [-0.05, 0) is 20.3 Å². The Bertz CT molecular complexity index is 351. The SMILES string of the molecule is CCCCCCCCCCCCCCCCCCOCCOCCOCCOCCOC(C)C. The largest absolute Gasteiger partial charge is 0.379 e. The maximum absolute atomic E-state index is 5.65. The first-order valence-electron chi connectivity index (χ1n) is 14.7. The average molecular weight is 489 g/mol. The van der Waals surface area contributed by atoms with Gasteiger partial charge in [0.15, 0.2) is 0 Å². The quantitative estimate of drug-likeness (QED) is 0.0968. The maximum atomic E-state index is 5.65. The Labute approximate surface area is 213 Å². The lowest BCUT2D eigenvalue weighted by molar-refractivity contribution is -0.0176. The van der Waals surface area contributed by atoms with Gasteiger partial charge in [0.2, 0.25) is 0 Å². The van der Waals surface area contributed by atoms with E-state index in [0.29, 0.717) is 52.9 Å². The topological polar surface area (TPSA) is 46.2 Å². The molecule has 206 valence electrons. The molecule has 0 aromatic heterocycles. The van der Waals surface area contributed by atoms with Crippen LogP contribution in [0.3, 0.4) is 0 Å². The van der Waals surface area contributed by atoms with Gasteiger partial charge in [0.05, 0.1) is 59.0 Å². The zero-order chi connectivity index (χ0) is 24.8. The first-order chi connectivity index (χ1) is 16.8. The molecule has 0 rings (SSSR count). The van der Waals surface area contributed by atoms with Crippen molar-refractivity contribution >= 4 is 0 Å². The minimum atomic E-state index is 0.259. The second-order valence-corrected chi connectivity index (χ2v) is 9.67. The molecule has 0 saturated carbocycles. The number of rotatable bonds is 30. The molecule has 0 spiro atoms. The van der Waals surface area contributed by atoms with Crippen LogP contribution < -0.4 is 0 Å². The van der Waals surface area contributed by atoms with E-state index < -0.39 is 0 Å². The minimum absolute atomic E-state index is 0.259. The minimum Gasteiger partial charge on any atom is -0.379 e. The lowest BCUT2D eigenvalue weighted by Gasteiger charge is -2.09. The van der Waals surface area contributed by atoms with Gasteiger partial charge in [0.25, 0.3) is 0 Å². The monoisotopic (exact) mass is 488 g/mol. The van der Waals surface area contributed by atoms with E-state index in [0.717, 1.165) is 6.61 Å². The number of hydrogen-bond acceptors (Lipinski definition) is 5. The molecule has 0 unspecified atom stereocenters. The van der Waals surface area contributed by atoms with Crippen molar-refractivity contribution in [3.05, 3.63) is 0 Å². The zero-order valence-corrected chi connectivity index (χ0v) is 23.3. The van der Waals surface area contributed by atoms with Crippen molar-refractivity contribution in [3.8, 4) is 0 Å². The van der Waals surface area contributed by atoms with Gasteiger partial charge in [-0.3, -0.25) is 0 Å². The van der Waals surface area contributed by atoms with Gasteiger partial charge in [-0.15, -0.1) is 0 Å². The Kier molecular flexibility index (Phi) is 30.6. The molecule has 0 atom stereocenters. The summed E-state index contributed by atoms with van der Waals surface area (Å²) in [4.78, 5) is 0. The van der Waals surface area contributed by atoms with E-state index >= 15 is 0 Å². The molecule has 0 radical (unpaired) electrons. The van der Waals surface area contributed by atoms with Gasteiger partial charge in [0.1, 0.15) is 0 Å². The predicted molar refractivity (Wildman–Crippen MR) is 144 cm³/mol. The van der Waals surface area contributed by atoms with Gasteiger partial charge in [-0.2, -0.15) is 0 Å². The number of ether oxygens (including phenoxy) is 5. The van der Waals surface area contributed by atoms with Crippen molar-refractivity contribution in [2.75, 3.05) is 59.5 Å². The Morgan fingerprint density at radius 2 is 0.647 bits per heavy atom. The van der Waals surface area contributed by atoms with Crippen molar-refractivity contribution in [3.63, 3.8) is 0 Å². The third-order valence-corrected chi connectivity index (χ3v) is 5.94. The fraction of sp³-hybridized carbons (Fsp3) is 1.00. The second kappa shape index (κ2) is 30.8. The van der Waals surface area contributed by atoms with Crippen molar-refractivity contribution in [2.24, 2.45) is 0 Å². The highest BCUT2D eigenvalue weighted by atomic mass is 16.6. The van der Waals surface area contributed by atoms with Crippen LogP contribution >= 0.6 is 0 Å². The Balaban J connectivity index is 3.00. The predicted octanol–water partition coefficient (Wildman–Crippen LogP) is 7.74. The summed E-state index contributed by atoms with van der Waals surface area (Å²) in [7, 11) is 0. The van der Waals surface area contributed by atoms with Crippen LogP contribution in [0.1, 0.15) is 124 Å². The van der Waals surface area contributed by atoms with Gasteiger partial charge in [0, 0.05) is 6.61 Å². The van der Waals surface area contributed by atoms with Crippen molar-refractivity contribution in [2.45, 2.75) is 130 Å². The molecule has 0 bridgehead atoms. The maximum Gasteiger partial charge on any atom is 0.0703 e. The van der Waals surface area contributed by atoms with E-state index in [-0.39, 0.29) is 6.10 Å². The summed E-state index contributed by atoms with van der Waals surface area (Å²) in [6.45, 7) is 12.2. The summed E-state index contributed by atoms with van der Waals surface area (Å²) in [6.07, 6.45) is 22.7. The van der Waals surface area contributed by atoms with Crippen LogP contribution in [0.25, 0.3) is 0 Å². The Hall–Kier alpha value is -0.200. The number of hydrogen-bond donors (Lipinski definition) is 0. The Morgan fingerprint density at radius 1 is 0.353 bits per heavy atom. The highest BCUT2D eigenvalue weighted by Crippen LogP contribution is 2.13. The van der Waals surface area contributed by atoms with Crippen LogP contribution in [-0.4, -0.2) is 65.6 Å². The fourth-order valence-electron chi connectivity index (χ4n) is 3.86. The second-order valence-electron chi connectivity index (χ2n) is 9.67. The molecular weight excluding hydrogens is 428 g/mol. The molecule has 0 heterocycles. The molecule has 0 N–H and O–H groups in total. The zero-order valence-electron chi connectivity index (χ0n) is 23.3. The van der Waals surface area contributed by atoms with E-state index in [1.807, 2.05) is 13.8 Å². The van der Waals surface area contributed by atoms with Crippen LogP contribution in [0, 0.1) is 0 Å². The lowest BCUT2D eigenvalue weighted by atomic mass is 10.0. The third-order valence-electron chi connectivity index (χ3n) is 5.94. The standard InChI is InChI=1S/C29H60O5/c1-4-5-6-7-8-9-10-11-12-13-14-15-16-17-18-19-20-30-21-22-31-23-24-32-25-26-33-27-28-34-29(2)3/h29H,4-28H2,1-3H3. The summed E-state index contributed by atoms with van der Waals surface area (Å²) in [5.74, 6) is 0. The van der Waals surface area contributed by atoms with E-state index in [1.54, 1.807) is 0 Å². The van der Waals surface area contributed by atoms with Gasteiger partial charge in [-0.1, -0.05) is 103 Å². The average Bonchev–Trinajstić information content (AvgIpc) is 2.83. The molecule has 0 aromatic carbocycles. The van der Waals surface area contributed by atoms with Crippen molar-refractivity contribution in [1.29, 1.82) is 0 Å². The van der Waals surface area contributed by atoms with E-state index in [2.05, 4.69) is 6.92 Å². The van der Waals surface area contributed by atoms with Gasteiger partial charge >= 0.3 is 0 Å². The molecule has 34 heavy (non-hydrogen) atoms. The van der Waals surface area contributed by atoms with E-state index in [9.17, 15) is 0 Å². The Morgan fingerprint density at radius 3 is 1.00 bits per heavy atom. The highest BCUT2D eigenvalue weighted by molar-refractivity contribution is 4.50. The van der Waals surface area contributed by atoms with Crippen LogP contribution in [-0.2, 0) is 23.7 Å². The summed E-state index contributed by atoms with van der Waals surface area (Å²) in [6, 6.07) is 0. The molecule has 0 amide bonds. The first kappa shape index (κ1) is 33.8. The van der Waals surface area contributed by atoms with Crippen LogP contribution in [0.4, 0.5) is 0 Å². The molecule has 0 fully saturated rings. The molecule has 5 nitrogen and oxygen atoms in total. The molecular formula is C29H60O5. The summed E-state index contributed by atoms with van der Waals surface area (Å²) in [5.41, 5.74) is 0. The summed E-state index contributed by atoms with van der Waals surface area (Å²) >= 11 is 0. The van der Waals surface area contributed by atoms with Gasteiger partial charge < -0.3 is 23.7 Å². The fourth-order valence-corrected chi connectivity index (χ4v) is 3.86. The molecule has 0 saturated heterocycles. The molecule has 0 aliphatic rings. The summed E-state index contributed by atoms with van der Waals surface area (Å²) in [5, 5.41) is 0. The van der Waals surface area contributed by atoms with Crippen molar-refractivity contribution in [1.82, 2.24) is 0 Å². The smallest absolute Gasteiger partial charge is 0.0703 e. The molecule has 0 aliphatic carbocycles. The van der Waals surface area contributed by atoms with Crippen molar-refractivity contribution < 1.29 is 23.7 Å². The lowest BCUT2D eigenvalue weighted by Crippen LogP contribution is -2.14. The van der Waals surface area contributed by atoms with Crippen LogP contribution in [0.2, 0.25) is 0 Å². The first-order valence-corrected chi connectivity index (χ1v) is 14.7. The van der Waals surface area contributed by atoms with E-state index in [4.69, 9.17) is 23.7 Å². The van der Waals surface area contributed by atoms with Crippen LogP contribution in [0.15, 0.2) is 0 Å².